The van der Waals surface area contributed by atoms with Crippen LogP contribution < -0.4 is 5.73 Å². The van der Waals surface area contributed by atoms with Crippen LogP contribution in [0.3, 0.4) is 0 Å². The molecule has 2 unspecified atom stereocenters. The van der Waals surface area contributed by atoms with Crippen molar-refractivity contribution in [1.82, 2.24) is 4.90 Å². The fourth-order valence-electron chi connectivity index (χ4n) is 3.02. The Hall–Kier alpha value is -0.0800. The van der Waals surface area contributed by atoms with E-state index in [0.29, 0.717) is 11.5 Å². The van der Waals surface area contributed by atoms with Crippen molar-refractivity contribution in [2.75, 3.05) is 13.1 Å². The van der Waals surface area contributed by atoms with Gasteiger partial charge in [0.2, 0.25) is 0 Å². The number of hydrogen-bond donors (Lipinski definition) is 1. The van der Waals surface area contributed by atoms with Gasteiger partial charge in [-0.05, 0) is 43.6 Å². The van der Waals surface area contributed by atoms with Crippen LogP contribution in [0, 0.1) is 11.3 Å². The summed E-state index contributed by atoms with van der Waals surface area (Å²) in [6.45, 7) is 9.38. The first-order valence-electron chi connectivity index (χ1n) is 6.54. The highest BCUT2D eigenvalue weighted by molar-refractivity contribution is 4.96. The van der Waals surface area contributed by atoms with Crippen molar-refractivity contribution in [1.29, 1.82) is 0 Å². The minimum Gasteiger partial charge on any atom is -0.327 e. The predicted octanol–water partition coefficient (Wildman–Crippen LogP) is 2.23. The second kappa shape index (κ2) is 4.06. The van der Waals surface area contributed by atoms with E-state index in [1.807, 2.05) is 0 Å². The van der Waals surface area contributed by atoms with Gasteiger partial charge in [-0.25, -0.2) is 0 Å². The Balaban J connectivity index is 1.89. The number of hydrogen-bond acceptors (Lipinski definition) is 2. The third-order valence-electron chi connectivity index (χ3n) is 4.51. The summed E-state index contributed by atoms with van der Waals surface area (Å²) in [6.07, 6.45) is 5.47. The summed E-state index contributed by atoms with van der Waals surface area (Å²) in [6, 6.07) is 1.30. The van der Waals surface area contributed by atoms with Crippen molar-refractivity contribution >= 4 is 0 Å². The highest BCUT2D eigenvalue weighted by Crippen LogP contribution is 2.41. The monoisotopic (exact) mass is 210 g/mol. The summed E-state index contributed by atoms with van der Waals surface area (Å²) in [7, 11) is 0. The van der Waals surface area contributed by atoms with Gasteiger partial charge in [-0.15, -0.1) is 0 Å². The van der Waals surface area contributed by atoms with Gasteiger partial charge in [0.1, 0.15) is 0 Å². The molecule has 0 heterocycles. The summed E-state index contributed by atoms with van der Waals surface area (Å²) >= 11 is 0. The zero-order valence-electron chi connectivity index (χ0n) is 10.5. The first-order chi connectivity index (χ1) is 7.04. The molecule has 0 aromatic rings. The first-order valence-corrected chi connectivity index (χ1v) is 6.54. The van der Waals surface area contributed by atoms with E-state index in [2.05, 4.69) is 25.7 Å². The van der Waals surface area contributed by atoms with Gasteiger partial charge in [0, 0.05) is 18.6 Å². The van der Waals surface area contributed by atoms with Gasteiger partial charge < -0.3 is 10.6 Å². The smallest absolute Gasteiger partial charge is 0.0131 e. The molecule has 2 aliphatic carbocycles. The molecule has 2 nitrogen and oxygen atoms in total. The summed E-state index contributed by atoms with van der Waals surface area (Å²) in [5, 5.41) is 0. The second-order valence-corrected chi connectivity index (χ2v) is 6.13. The van der Waals surface area contributed by atoms with Gasteiger partial charge in [-0.2, -0.15) is 0 Å². The lowest BCUT2D eigenvalue weighted by Gasteiger charge is -2.30. The highest BCUT2D eigenvalue weighted by Gasteiger charge is 2.41. The molecule has 0 saturated heterocycles. The van der Waals surface area contributed by atoms with Crippen molar-refractivity contribution < 1.29 is 0 Å². The molecule has 0 radical (unpaired) electrons. The molecule has 15 heavy (non-hydrogen) atoms. The minimum atomic E-state index is 0.369. The zero-order valence-corrected chi connectivity index (χ0v) is 10.5. The van der Waals surface area contributed by atoms with E-state index >= 15 is 0 Å². The average molecular weight is 210 g/mol. The third-order valence-corrected chi connectivity index (χ3v) is 4.51. The number of nitrogens with zero attached hydrogens (tertiary/aromatic N) is 1. The lowest BCUT2D eigenvalue weighted by molar-refractivity contribution is 0.204. The summed E-state index contributed by atoms with van der Waals surface area (Å²) in [5.74, 6) is 0.737. The molecule has 0 amide bonds. The van der Waals surface area contributed by atoms with Gasteiger partial charge in [-0.3, -0.25) is 0 Å². The standard InChI is InChI=1S/C13H26N2/c1-4-15(11-5-6-11)9-10-7-8-13(2,3)12(10)14/h10-12H,4-9,14H2,1-3H3. The summed E-state index contributed by atoms with van der Waals surface area (Å²) < 4.78 is 0. The Morgan fingerprint density at radius 2 is 1.93 bits per heavy atom. The van der Waals surface area contributed by atoms with E-state index in [1.54, 1.807) is 0 Å². The molecule has 0 aromatic carbocycles. The topological polar surface area (TPSA) is 29.3 Å². The number of nitrogens with two attached hydrogens (primary N) is 1. The average Bonchev–Trinajstić information content (AvgIpc) is 2.97. The maximum atomic E-state index is 6.35. The Bertz CT molecular complexity index is 221. The highest BCUT2D eigenvalue weighted by atomic mass is 15.2. The van der Waals surface area contributed by atoms with Gasteiger partial charge in [0.15, 0.2) is 0 Å². The van der Waals surface area contributed by atoms with E-state index < -0.39 is 0 Å². The largest absolute Gasteiger partial charge is 0.327 e. The lowest BCUT2D eigenvalue weighted by Crippen LogP contribution is -2.42. The van der Waals surface area contributed by atoms with Crippen molar-refractivity contribution in [3.63, 3.8) is 0 Å². The predicted molar refractivity (Wildman–Crippen MR) is 64.7 cm³/mol. The van der Waals surface area contributed by atoms with Crippen LogP contribution in [0.25, 0.3) is 0 Å². The Labute approximate surface area is 94.2 Å². The molecule has 2 rings (SSSR count). The molecule has 2 heteroatoms. The molecular weight excluding hydrogens is 184 g/mol. The van der Waals surface area contributed by atoms with Crippen LogP contribution in [-0.2, 0) is 0 Å². The van der Waals surface area contributed by atoms with Crippen LogP contribution in [-0.4, -0.2) is 30.1 Å². The molecule has 88 valence electrons. The van der Waals surface area contributed by atoms with Crippen LogP contribution in [0.15, 0.2) is 0 Å². The van der Waals surface area contributed by atoms with E-state index in [9.17, 15) is 0 Å². The quantitative estimate of drug-likeness (QED) is 0.771. The number of rotatable bonds is 4. The molecule has 2 fully saturated rings. The fourth-order valence-corrected chi connectivity index (χ4v) is 3.02. The van der Waals surface area contributed by atoms with E-state index in [0.717, 1.165) is 12.0 Å². The molecule has 2 atom stereocenters. The maximum Gasteiger partial charge on any atom is 0.0131 e. The molecule has 0 aliphatic heterocycles. The van der Waals surface area contributed by atoms with Gasteiger partial charge >= 0.3 is 0 Å². The van der Waals surface area contributed by atoms with Crippen LogP contribution in [0.4, 0.5) is 0 Å². The van der Waals surface area contributed by atoms with Crippen molar-refractivity contribution in [2.45, 2.75) is 58.5 Å². The Morgan fingerprint density at radius 3 is 2.33 bits per heavy atom. The minimum absolute atomic E-state index is 0.369. The van der Waals surface area contributed by atoms with E-state index in [-0.39, 0.29) is 0 Å². The molecular formula is C13H26N2. The van der Waals surface area contributed by atoms with Crippen LogP contribution in [0.1, 0.15) is 46.5 Å². The molecule has 2 aliphatic rings. The SMILES string of the molecule is CCN(CC1CCC(C)(C)C1N)C1CC1. The Kier molecular flexibility index (Phi) is 3.09. The van der Waals surface area contributed by atoms with Crippen molar-refractivity contribution in [2.24, 2.45) is 17.1 Å². The fraction of sp³-hybridized carbons (Fsp3) is 1.00. The molecule has 2 saturated carbocycles. The van der Waals surface area contributed by atoms with Crippen LogP contribution in [0.5, 0.6) is 0 Å². The van der Waals surface area contributed by atoms with Crippen molar-refractivity contribution in [3.8, 4) is 0 Å². The Morgan fingerprint density at radius 1 is 1.27 bits per heavy atom. The molecule has 2 N–H and O–H groups in total. The van der Waals surface area contributed by atoms with Gasteiger partial charge in [-0.1, -0.05) is 20.8 Å². The zero-order chi connectivity index (χ0) is 11.1. The van der Waals surface area contributed by atoms with Crippen LogP contribution in [0.2, 0.25) is 0 Å². The first kappa shape index (κ1) is 11.4. The van der Waals surface area contributed by atoms with E-state index in [4.69, 9.17) is 5.73 Å². The van der Waals surface area contributed by atoms with Gasteiger partial charge in [0.25, 0.3) is 0 Å². The molecule has 0 spiro atoms. The lowest BCUT2D eigenvalue weighted by atomic mass is 9.85. The third kappa shape index (κ3) is 2.36. The summed E-state index contributed by atoms with van der Waals surface area (Å²) in [5.41, 5.74) is 6.72. The molecule has 0 bridgehead atoms. The van der Waals surface area contributed by atoms with Gasteiger partial charge in [0.05, 0.1) is 0 Å². The summed E-state index contributed by atoms with van der Waals surface area (Å²) in [4.78, 5) is 2.64. The normalized spacial score (nSPS) is 35.0. The van der Waals surface area contributed by atoms with Crippen molar-refractivity contribution in [3.05, 3.63) is 0 Å². The van der Waals surface area contributed by atoms with E-state index in [1.165, 1.54) is 38.8 Å². The molecule has 0 aromatic heterocycles. The maximum absolute atomic E-state index is 6.35. The van der Waals surface area contributed by atoms with Crippen LogP contribution >= 0.6 is 0 Å². The second-order valence-electron chi connectivity index (χ2n) is 6.13.